The van der Waals surface area contributed by atoms with E-state index in [1.54, 1.807) is 13.8 Å². The largest absolute Gasteiger partial charge is 0.507 e. The first-order valence-electron chi connectivity index (χ1n) is 8.86. The van der Waals surface area contributed by atoms with Crippen molar-refractivity contribution >= 4 is 11.9 Å². The van der Waals surface area contributed by atoms with Gasteiger partial charge in [0.15, 0.2) is 5.60 Å². The van der Waals surface area contributed by atoms with E-state index in [0.717, 1.165) is 22.3 Å². The fourth-order valence-electron chi connectivity index (χ4n) is 3.30. The lowest BCUT2D eigenvalue weighted by atomic mass is 9.86. The standard InChI is InChI=1S/C19H28N2O5/c1-10-11(2)16-13(12(3)15(10)22)7-8-19(4,26-16)18(25)21-14(17(23)24)6-5-9-20/h14,22H,5-9,20H2,1-4H3,(H,21,25)(H,23,24)/t14-,19-/m1/s1. The number of carboxylic acid groups (broad SMARTS) is 1. The van der Waals surface area contributed by atoms with Crippen LogP contribution in [0.15, 0.2) is 0 Å². The van der Waals surface area contributed by atoms with Crippen molar-refractivity contribution in [2.75, 3.05) is 6.54 Å². The van der Waals surface area contributed by atoms with E-state index in [9.17, 15) is 19.8 Å². The number of hydrogen-bond donors (Lipinski definition) is 4. The zero-order valence-electron chi connectivity index (χ0n) is 15.8. The van der Waals surface area contributed by atoms with Crippen molar-refractivity contribution < 1.29 is 24.5 Å². The number of hydrogen-bond acceptors (Lipinski definition) is 5. The molecule has 144 valence electrons. The number of fused-ring (bicyclic) bond motifs is 1. The molecule has 7 nitrogen and oxygen atoms in total. The van der Waals surface area contributed by atoms with E-state index >= 15 is 0 Å². The van der Waals surface area contributed by atoms with Crippen molar-refractivity contribution in [1.82, 2.24) is 5.32 Å². The Kier molecular flexibility index (Phi) is 5.81. The number of carbonyl (C=O) groups excluding carboxylic acids is 1. The molecule has 0 saturated carbocycles. The molecular formula is C19H28N2O5. The summed E-state index contributed by atoms with van der Waals surface area (Å²) in [6.07, 6.45) is 1.75. The molecule has 0 radical (unpaired) electrons. The number of nitrogens with one attached hydrogen (secondary N) is 1. The van der Waals surface area contributed by atoms with Gasteiger partial charge in [0.05, 0.1) is 0 Å². The number of aromatic hydroxyl groups is 1. The summed E-state index contributed by atoms with van der Waals surface area (Å²) in [4.78, 5) is 24.2. The van der Waals surface area contributed by atoms with Crippen molar-refractivity contribution in [3.8, 4) is 11.5 Å². The molecule has 2 atom stereocenters. The van der Waals surface area contributed by atoms with Crippen molar-refractivity contribution in [1.29, 1.82) is 0 Å². The van der Waals surface area contributed by atoms with E-state index in [4.69, 9.17) is 10.5 Å². The molecule has 0 aliphatic carbocycles. The first kappa shape index (κ1) is 20.0. The Morgan fingerprint density at radius 2 is 1.92 bits per heavy atom. The molecule has 1 aliphatic heterocycles. The smallest absolute Gasteiger partial charge is 0.326 e. The fourth-order valence-corrected chi connectivity index (χ4v) is 3.30. The van der Waals surface area contributed by atoms with Gasteiger partial charge in [-0.2, -0.15) is 0 Å². The Balaban J connectivity index is 2.27. The first-order chi connectivity index (χ1) is 12.1. The molecule has 1 heterocycles. The summed E-state index contributed by atoms with van der Waals surface area (Å²) >= 11 is 0. The highest BCUT2D eigenvalue weighted by atomic mass is 16.5. The highest BCUT2D eigenvalue weighted by molar-refractivity contribution is 5.89. The maximum Gasteiger partial charge on any atom is 0.326 e. The van der Waals surface area contributed by atoms with Gasteiger partial charge in [0.1, 0.15) is 17.5 Å². The summed E-state index contributed by atoms with van der Waals surface area (Å²) in [5, 5.41) is 22.1. The Morgan fingerprint density at radius 1 is 1.27 bits per heavy atom. The van der Waals surface area contributed by atoms with Gasteiger partial charge in [0.25, 0.3) is 5.91 Å². The van der Waals surface area contributed by atoms with Gasteiger partial charge >= 0.3 is 5.97 Å². The van der Waals surface area contributed by atoms with Crippen molar-refractivity contribution in [2.24, 2.45) is 5.73 Å². The second-order valence-electron chi connectivity index (χ2n) is 7.16. The third kappa shape index (κ3) is 3.62. The van der Waals surface area contributed by atoms with Crippen LogP contribution >= 0.6 is 0 Å². The topological polar surface area (TPSA) is 122 Å². The number of ether oxygens (including phenoxy) is 1. The lowest BCUT2D eigenvalue weighted by molar-refractivity contribution is -0.146. The number of carboxylic acids is 1. The van der Waals surface area contributed by atoms with Crippen LogP contribution in [-0.4, -0.2) is 40.3 Å². The molecule has 5 N–H and O–H groups in total. The molecule has 7 heteroatoms. The average Bonchev–Trinajstić information content (AvgIpc) is 2.61. The molecule has 1 aromatic rings. The third-order valence-electron chi connectivity index (χ3n) is 5.30. The van der Waals surface area contributed by atoms with Crippen LogP contribution in [0.3, 0.4) is 0 Å². The summed E-state index contributed by atoms with van der Waals surface area (Å²) in [5.74, 6) is -0.670. The number of benzene rings is 1. The van der Waals surface area contributed by atoms with Crippen LogP contribution in [-0.2, 0) is 16.0 Å². The second-order valence-corrected chi connectivity index (χ2v) is 7.16. The molecule has 0 fully saturated rings. The van der Waals surface area contributed by atoms with Crippen LogP contribution in [0, 0.1) is 20.8 Å². The maximum atomic E-state index is 12.8. The Labute approximate surface area is 153 Å². The lowest BCUT2D eigenvalue weighted by Crippen LogP contribution is -2.55. The number of carbonyl (C=O) groups is 2. The summed E-state index contributed by atoms with van der Waals surface area (Å²) < 4.78 is 6.07. The van der Waals surface area contributed by atoms with Crippen LogP contribution in [0.25, 0.3) is 0 Å². The van der Waals surface area contributed by atoms with Gasteiger partial charge in [0.2, 0.25) is 0 Å². The van der Waals surface area contributed by atoms with E-state index in [-0.39, 0.29) is 12.2 Å². The molecule has 2 rings (SSSR count). The second kappa shape index (κ2) is 7.53. The van der Waals surface area contributed by atoms with Gasteiger partial charge in [-0.05, 0) is 70.2 Å². The van der Waals surface area contributed by atoms with Gasteiger partial charge in [-0.15, -0.1) is 0 Å². The third-order valence-corrected chi connectivity index (χ3v) is 5.30. The molecule has 1 amide bonds. The number of rotatable bonds is 6. The number of phenolic OH excluding ortho intramolecular Hbond substituents is 1. The number of amides is 1. The highest BCUT2D eigenvalue weighted by Gasteiger charge is 2.42. The van der Waals surface area contributed by atoms with E-state index < -0.39 is 23.5 Å². The monoisotopic (exact) mass is 364 g/mol. The van der Waals surface area contributed by atoms with E-state index in [2.05, 4.69) is 5.32 Å². The number of phenols is 1. The molecule has 0 saturated heterocycles. The fraction of sp³-hybridized carbons (Fsp3) is 0.579. The summed E-state index contributed by atoms with van der Waals surface area (Å²) in [7, 11) is 0. The Bertz CT molecular complexity index is 731. The van der Waals surface area contributed by atoms with E-state index in [1.807, 2.05) is 13.8 Å². The van der Waals surface area contributed by atoms with Crippen LogP contribution in [0.1, 0.15) is 48.4 Å². The SMILES string of the molecule is Cc1c(C)c2c(c(C)c1O)CC[C@](C)(C(=O)N[C@H](CCCN)C(=O)O)O2. The normalized spacial score (nSPS) is 20.0. The van der Waals surface area contributed by atoms with Gasteiger partial charge < -0.3 is 26.0 Å². The first-order valence-corrected chi connectivity index (χ1v) is 8.86. The van der Waals surface area contributed by atoms with Gasteiger partial charge in [-0.1, -0.05) is 0 Å². The number of nitrogens with two attached hydrogens (primary N) is 1. The molecule has 1 aromatic carbocycles. The minimum atomic E-state index is -1.16. The van der Waals surface area contributed by atoms with Crippen molar-refractivity contribution in [3.63, 3.8) is 0 Å². The zero-order valence-corrected chi connectivity index (χ0v) is 15.8. The van der Waals surface area contributed by atoms with Gasteiger partial charge in [-0.25, -0.2) is 4.79 Å². The molecule has 0 aromatic heterocycles. The highest BCUT2D eigenvalue weighted by Crippen LogP contribution is 2.43. The Hall–Kier alpha value is -2.28. The predicted octanol–water partition coefficient (Wildman–Crippen LogP) is 1.71. The quantitative estimate of drug-likeness (QED) is 0.610. The van der Waals surface area contributed by atoms with Gasteiger partial charge in [0, 0.05) is 12.0 Å². The lowest BCUT2D eigenvalue weighted by Gasteiger charge is -2.37. The minimum absolute atomic E-state index is 0.255. The van der Waals surface area contributed by atoms with Crippen LogP contribution in [0.2, 0.25) is 0 Å². The Morgan fingerprint density at radius 3 is 2.50 bits per heavy atom. The van der Waals surface area contributed by atoms with Crippen LogP contribution in [0.4, 0.5) is 0 Å². The maximum absolute atomic E-state index is 12.8. The summed E-state index contributed by atoms with van der Waals surface area (Å²) in [6.45, 7) is 7.52. The minimum Gasteiger partial charge on any atom is -0.507 e. The molecule has 26 heavy (non-hydrogen) atoms. The number of aliphatic carboxylic acids is 1. The van der Waals surface area contributed by atoms with Crippen molar-refractivity contribution in [3.05, 3.63) is 22.3 Å². The summed E-state index contributed by atoms with van der Waals surface area (Å²) in [5.41, 5.74) is 7.44. The van der Waals surface area contributed by atoms with Crippen LogP contribution in [0.5, 0.6) is 11.5 Å². The van der Waals surface area contributed by atoms with Crippen LogP contribution < -0.4 is 15.8 Å². The van der Waals surface area contributed by atoms with E-state index in [0.29, 0.717) is 31.6 Å². The van der Waals surface area contributed by atoms with Gasteiger partial charge in [-0.3, -0.25) is 4.79 Å². The van der Waals surface area contributed by atoms with E-state index in [1.165, 1.54) is 0 Å². The molecule has 0 unspecified atom stereocenters. The average molecular weight is 364 g/mol. The molecule has 0 spiro atoms. The molecule has 0 bridgehead atoms. The molecular weight excluding hydrogens is 336 g/mol. The molecule has 1 aliphatic rings. The van der Waals surface area contributed by atoms with Crippen molar-refractivity contribution in [2.45, 2.75) is 65.0 Å². The summed E-state index contributed by atoms with van der Waals surface area (Å²) in [6, 6.07) is -0.989. The predicted molar refractivity (Wildman–Crippen MR) is 97.5 cm³/mol. The zero-order chi connectivity index (χ0) is 19.6.